The third-order valence-electron chi connectivity index (χ3n) is 26.6. The van der Waals surface area contributed by atoms with Crippen LogP contribution in [0.2, 0.25) is 0 Å². The summed E-state index contributed by atoms with van der Waals surface area (Å²) in [7, 11) is 23.1. The molecule has 0 saturated carbocycles. The van der Waals surface area contributed by atoms with Crippen molar-refractivity contribution in [1.29, 1.82) is 0 Å². The lowest BCUT2D eigenvalue weighted by atomic mass is 9.98. The maximum absolute atomic E-state index is 2.66. The Morgan fingerprint density at radius 2 is 0.932 bits per heavy atom. The normalized spacial score (nSPS) is 33.4. The van der Waals surface area contributed by atoms with E-state index in [0.717, 1.165) is 61.4 Å². The summed E-state index contributed by atoms with van der Waals surface area (Å²) in [4.78, 5) is 18.0. The molecule has 0 aromatic carbocycles. The number of quaternary nitrogens is 7. The van der Waals surface area contributed by atoms with E-state index in [9.17, 15) is 0 Å². The summed E-state index contributed by atoms with van der Waals surface area (Å²) < 4.78 is 9.02. The van der Waals surface area contributed by atoms with E-state index >= 15 is 0 Å². The van der Waals surface area contributed by atoms with Gasteiger partial charge >= 0.3 is 0 Å². The Balaban J connectivity index is 0.000000187. The van der Waals surface area contributed by atoms with Crippen molar-refractivity contribution >= 4 is 0 Å². The quantitative estimate of drug-likeness (QED) is 0.223. The lowest BCUT2D eigenvalue weighted by Crippen LogP contribution is -2.52. The molecular weight excluding hydrogens is 1080 g/mol. The molecule has 11 aliphatic rings. The Morgan fingerprint density at radius 3 is 1.30 bits per heavy atom. The van der Waals surface area contributed by atoms with E-state index in [4.69, 9.17) is 0 Å². The molecule has 9 atom stereocenters. The molecule has 0 aromatic heterocycles. The summed E-state index contributed by atoms with van der Waals surface area (Å²) in [5.74, 6) is 2.25. The molecule has 4 spiro atoms. The lowest BCUT2D eigenvalue weighted by molar-refractivity contribution is -0.931. The van der Waals surface area contributed by atoms with Gasteiger partial charge in [-0.15, -0.1) is 0 Å². The molecular formula is C74H161N14+7. The zero-order valence-corrected chi connectivity index (χ0v) is 65.1. The van der Waals surface area contributed by atoms with Crippen molar-refractivity contribution in [2.45, 2.75) is 261 Å². The summed E-state index contributed by atoms with van der Waals surface area (Å²) in [5, 5.41) is 0. The molecule has 0 N–H and O–H groups in total. The molecule has 0 aliphatic carbocycles. The number of hydrogen-bond acceptors (Lipinski definition) is 7. The van der Waals surface area contributed by atoms with Crippen molar-refractivity contribution in [1.82, 2.24) is 34.3 Å². The molecule has 9 unspecified atom stereocenters. The van der Waals surface area contributed by atoms with Gasteiger partial charge in [0, 0.05) is 69.5 Å². The Kier molecular flexibility index (Phi) is 28.0. The number of likely N-dealkylation sites (N-methyl/N-ethyl adjacent to an activating group) is 7. The van der Waals surface area contributed by atoms with Gasteiger partial charge in [0.2, 0.25) is 0 Å². The van der Waals surface area contributed by atoms with Crippen molar-refractivity contribution in [2.24, 2.45) is 17.8 Å². The van der Waals surface area contributed by atoms with E-state index in [1.165, 1.54) is 220 Å². The topological polar surface area (TPSA) is 22.7 Å². The average molecular weight is 1250 g/mol. The smallest absolute Gasteiger partial charge is 0.135 e. The van der Waals surface area contributed by atoms with E-state index in [1.54, 1.807) is 0 Å². The fourth-order valence-electron chi connectivity index (χ4n) is 19.1. The Hall–Kier alpha value is -0.560. The van der Waals surface area contributed by atoms with Gasteiger partial charge in [0.15, 0.2) is 0 Å². The highest BCUT2D eigenvalue weighted by Crippen LogP contribution is 2.36. The lowest BCUT2D eigenvalue weighted by Gasteiger charge is -2.36. The summed E-state index contributed by atoms with van der Waals surface area (Å²) in [6.07, 6.45) is 14.4. The maximum Gasteiger partial charge on any atom is 0.135 e. The van der Waals surface area contributed by atoms with Crippen molar-refractivity contribution in [3.05, 3.63) is 0 Å². The predicted molar refractivity (Wildman–Crippen MR) is 380 cm³/mol. The van der Waals surface area contributed by atoms with Gasteiger partial charge < -0.3 is 31.4 Å². The van der Waals surface area contributed by atoms with Crippen LogP contribution in [0.15, 0.2) is 0 Å². The minimum atomic E-state index is 0.354. The minimum absolute atomic E-state index is 0.354. The second-order valence-corrected chi connectivity index (χ2v) is 36.9. The van der Waals surface area contributed by atoms with Crippen LogP contribution in [0.25, 0.3) is 0 Å². The highest BCUT2D eigenvalue weighted by Gasteiger charge is 2.51. The van der Waals surface area contributed by atoms with E-state index in [0.29, 0.717) is 35.2 Å². The van der Waals surface area contributed by atoms with Crippen LogP contribution in [0.1, 0.15) is 196 Å². The second-order valence-electron chi connectivity index (χ2n) is 36.9. The minimum Gasteiger partial charge on any atom is -0.314 e. The molecule has 11 fully saturated rings. The monoisotopic (exact) mass is 1250 g/mol. The van der Waals surface area contributed by atoms with Crippen LogP contribution in [0.4, 0.5) is 0 Å². The zero-order chi connectivity index (χ0) is 66.4. The predicted octanol–water partition coefficient (Wildman–Crippen LogP) is 10.8. The first kappa shape index (κ1) is 78.1. The summed E-state index contributed by atoms with van der Waals surface area (Å²) in [6.45, 7) is 72.9. The van der Waals surface area contributed by atoms with Crippen LogP contribution < -0.4 is 0 Å². The molecule has 0 radical (unpaired) electrons. The van der Waals surface area contributed by atoms with Crippen LogP contribution in [0.5, 0.6) is 0 Å². The highest BCUT2D eigenvalue weighted by atomic mass is 15.6. The van der Waals surface area contributed by atoms with Gasteiger partial charge in [-0.05, 0) is 135 Å². The standard InChI is InChI=1S/3C12H27N2.2C10H21N2.2C9H19N2/c1-10(2)11(3)13-9-14(6,7)8-12(13,4)5;1-10(2)11(3)13-8-12(4,5)14(6,7)9-13;1-9(2)10(3)13-8-14(6,7)12(5)11(13)4;1-3-10-8-12(9-11(10)2)6-4-5-7-12;1-3-10-8-11(2)9-12(10)6-4-5-7-12;1-9-7-11(8-10(9)2)5-3-4-6-11;1-9-7-10(2)8-11(9)5-3-4-6-11/h2*10-11H,8-9H2,1-7H3;9-12H,8H2,1-7H3;2*10H,3-9H2,1-2H3;2*9H,3-8H2,1-2H3/q7*+1. The van der Waals surface area contributed by atoms with Gasteiger partial charge in [-0.2, -0.15) is 0 Å². The number of hydrogen-bond donors (Lipinski definition) is 0. The van der Waals surface area contributed by atoms with Crippen LogP contribution >= 0.6 is 0 Å². The van der Waals surface area contributed by atoms with Crippen LogP contribution in [-0.4, -0.2) is 340 Å². The molecule has 0 bridgehead atoms. The van der Waals surface area contributed by atoms with Crippen molar-refractivity contribution in [3.8, 4) is 0 Å². The first-order chi connectivity index (χ1) is 40.6. The molecule has 11 saturated heterocycles. The molecule has 0 aromatic rings. The van der Waals surface area contributed by atoms with E-state index in [-0.39, 0.29) is 0 Å². The summed E-state index contributed by atoms with van der Waals surface area (Å²) in [5.41, 5.74) is 0.746. The molecule has 11 aliphatic heterocycles. The average Bonchev–Trinajstić information content (AvgIpc) is 2.91. The number of nitrogens with zero attached hydrogens (tertiary/aromatic N) is 14. The van der Waals surface area contributed by atoms with Crippen LogP contribution in [-0.2, 0) is 0 Å². The van der Waals surface area contributed by atoms with Crippen LogP contribution in [0.3, 0.4) is 0 Å². The summed E-state index contributed by atoms with van der Waals surface area (Å²) >= 11 is 0. The Labute approximate surface area is 550 Å². The Morgan fingerprint density at radius 1 is 0.477 bits per heavy atom. The third kappa shape index (κ3) is 19.6. The SMILES string of the molecule is CC(C)C(C)N1CC(C)(C)[N+](C)(C)C1.CC(C)C(C)N1C[N+](C)(C)C(C)C1C.CC(C)C(C)N1C[N+](C)(C)CC1(C)C.CC1CN(C)C[N+]12CCCC2.CC1C[N+]2(CCCC2)CN1C.CCC1CN(C)C[N+]12CCCC2.CCC1C[N+]2(CCCC2)CN1C. The van der Waals surface area contributed by atoms with Crippen LogP contribution in [0, 0.1) is 17.8 Å². The molecule has 14 heteroatoms. The summed E-state index contributed by atoms with van der Waals surface area (Å²) in [6, 6.07) is 7.06. The second kappa shape index (κ2) is 31.5. The van der Waals surface area contributed by atoms with Crippen molar-refractivity contribution in [2.75, 3.05) is 209 Å². The Bertz CT molecular complexity index is 2000. The van der Waals surface area contributed by atoms with Gasteiger partial charge in [0.05, 0.1) is 158 Å². The fraction of sp³-hybridized carbons (Fsp3) is 1.00. The van der Waals surface area contributed by atoms with Gasteiger partial charge in [-0.25, -0.2) is 14.7 Å². The third-order valence-corrected chi connectivity index (χ3v) is 26.6. The molecule has 88 heavy (non-hydrogen) atoms. The van der Waals surface area contributed by atoms with E-state index in [1.807, 2.05) is 0 Å². The van der Waals surface area contributed by atoms with Crippen molar-refractivity contribution in [3.63, 3.8) is 0 Å². The van der Waals surface area contributed by atoms with E-state index < -0.39 is 0 Å². The largest absolute Gasteiger partial charge is 0.314 e. The number of rotatable bonds is 8. The molecule has 0 amide bonds. The molecule has 14 nitrogen and oxygen atoms in total. The van der Waals surface area contributed by atoms with Gasteiger partial charge in [0.1, 0.15) is 70.3 Å². The maximum atomic E-state index is 2.66. The molecule has 11 heterocycles. The van der Waals surface area contributed by atoms with Gasteiger partial charge in [-0.1, -0.05) is 55.4 Å². The van der Waals surface area contributed by atoms with E-state index in [2.05, 4.69) is 236 Å². The highest BCUT2D eigenvalue weighted by molar-refractivity contribution is 4.89. The van der Waals surface area contributed by atoms with Gasteiger partial charge in [0.25, 0.3) is 0 Å². The first-order valence-electron chi connectivity index (χ1n) is 37.5. The van der Waals surface area contributed by atoms with Gasteiger partial charge in [-0.3, -0.25) is 19.6 Å². The molecule has 520 valence electrons. The molecule has 11 rings (SSSR count). The zero-order valence-electron chi connectivity index (χ0n) is 65.1. The first-order valence-corrected chi connectivity index (χ1v) is 37.5. The fourth-order valence-corrected chi connectivity index (χ4v) is 19.1. The van der Waals surface area contributed by atoms with Crippen molar-refractivity contribution < 1.29 is 31.4 Å².